The molecule has 0 radical (unpaired) electrons. The van der Waals surface area contributed by atoms with Crippen molar-refractivity contribution in [3.8, 4) is 17.7 Å². The molecule has 0 aliphatic rings. The van der Waals surface area contributed by atoms with Crippen molar-refractivity contribution >= 4 is 0 Å². The number of rotatable bonds is 4. The van der Waals surface area contributed by atoms with E-state index >= 15 is 0 Å². The van der Waals surface area contributed by atoms with Gasteiger partial charge in [0.2, 0.25) is 0 Å². The van der Waals surface area contributed by atoms with Gasteiger partial charge in [-0.2, -0.15) is 10.4 Å². The van der Waals surface area contributed by atoms with Gasteiger partial charge in [-0.1, -0.05) is 13.8 Å². The zero-order valence-electron chi connectivity index (χ0n) is 11.8. The molecule has 0 bridgehead atoms. The van der Waals surface area contributed by atoms with Crippen LogP contribution in [0.3, 0.4) is 0 Å². The molecule has 0 saturated heterocycles. The van der Waals surface area contributed by atoms with Gasteiger partial charge in [0.05, 0.1) is 11.9 Å². The largest absolute Gasteiger partial charge is 0.435 e. The number of aromatic nitrogens is 3. The van der Waals surface area contributed by atoms with Gasteiger partial charge < -0.3 is 4.74 Å². The summed E-state index contributed by atoms with van der Waals surface area (Å²) < 4.78 is 5.64. The van der Waals surface area contributed by atoms with E-state index < -0.39 is 0 Å². The number of nitriles is 1. The minimum Gasteiger partial charge on any atom is -0.435 e. The maximum Gasteiger partial charge on any atom is 0.257 e. The van der Waals surface area contributed by atoms with Crippen LogP contribution in [-0.2, 0) is 12.8 Å². The zero-order chi connectivity index (χ0) is 14.5. The number of hydrogen-bond acceptors (Lipinski definition) is 5. The van der Waals surface area contributed by atoms with E-state index in [9.17, 15) is 5.26 Å². The Bertz CT molecular complexity index is 644. The predicted molar refractivity (Wildman–Crippen MR) is 74.6 cm³/mol. The molecule has 0 aliphatic carbocycles. The number of hydrogen-bond donors (Lipinski definition) is 0. The summed E-state index contributed by atoms with van der Waals surface area (Å²) in [4.78, 5) is 4.15. The summed E-state index contributed by atoms with van der Waals surface area (Å²) in [6, 6.07) is 5.81. The predicted octanol–water partition coefficient (Wildman–Crippen LogP) is 2.97. The van der Waals surface area contributed by atoms with Crippen LogP contribution in [0, 0.1) is 18.3 Å². The summed E-state index contributed by atoms with van der Waals surface area (Å²) in [5, 5.41) is 17.5. The SMILES string of the molecule is CCc1nnc(Oc2ccc(C)nc2)c(C#N)c1CC. The Kier molecular flexibility index (Phi) is 4.26. The van der Waals surface area contributed by atoms with Gasteiger partial charge in [0.25, 0.3) is 5.88 Å². The Morgan fingerprint density at radius 3 is 2.55 bits per heavy atom. The third-order valence-corrected chi connectivity index (χ3v) is 3.02. The molecule has 2 rings (SSSR count). The molecule has 0 amide bonds. The molecule has 2 aromatic rings. The molecule has 0 unspecified atom stereocenters. The Labute approximate surface area is 118 Å². The van der Waals surface area contributed by atoms with Crippen LogP contribution in [0.4, 0.5) is 0 Å². The lowest BCUT2D eigenvalue weighted by molar-refractivity contribution is 0.448. The molecular formula is C15H16N4O. The van der Waals surface area contributed by atoms with Gasteiger partial charge in [-0.05, 0) is 37.5 Å². The van der Waals surface area contributed by atoms with Crippen LogP contribution in [0.1, 0.15) is 36.4 Å². The number of nitrogens with zero attached hydrogens (tertiary/aromatic N) is 4. The molecule has 102 valence electrons. The Morgan fingerprint density at radius 2 is 2.00 bits per heavy atom. The van der Waals surface area contributed by atoms with Crippen molar-refractivity contribution in [3.05, 3.63) is 40.8 Å². The zero-order valence-corrected chi connectivity index (χ0v) is 11.8. The fourth-order valence-electron chi connectivity index (χ4n) is 1.97. The van der Waals surface area contributed by atoms with E-state index in [0.717, 1.165) is 29.8 Å². The monoisotopic (exact) mass is 268 g/mol. The summed E-state index contributed by atoms with van der Waals surface area (Å²) in [6.07, 6.45) is 3.08. The number of ether oxygens (including phenoxy) is 1. The molecule has 0 saturated carbocycles. The molecule has 0 fully saturated rings. The van der Waals surface area contributed by atoms with E-state index in [1.54, 1.807) is 12.3 Å². The van der Waals surface area contributed by atoms with Crippen LogP contribution in [0.25, 0.3) is 0 Å². The first-order chi connectivity index (χ1) is 9.69. The molecule has 0 spiro atoms. The standard InChI is InChI=1S/C15H16N4O/c1-4-12-13(8-16)15(19-18-14(12)5-2)20-11-7-6-10(3)17-9-11/h6-7,9H,4-5H2,1-3H3. The molecule has 0 N–H and O–H groups in total. The van der Waals surface area contributed by atoms with E-state index in [1.807, 2.05) is 26.8 Å². The minimum absolute atomic E-state index is 0.243. The normalized spacial score (nSPS) is 10.1. The van der Waals surface area contributed by atoms with E-state index in [2.05, 4.69) is 21.3 Å². The summed E-state index contributed by atoms with van der Waals surface area (Å²) >= 11 is 0. The fourth-order valence-corrected chi connectivity index (χ4v) is 1.97. The summed E-state index contributed by atoms with van der Waals surface area (Å²) in [5.41, 5.74) is 3.11. The molecule has 0 atom stereocenters. The Morgan fingerprint density at radius 1 is 1.20 bits per heavy atom. The van der Waals surface area contributed by atoms with Crippen molar-refractivity contribution in [2.75, 3.05) is 0 Å². The van der Waals surface area contributed by atoms with Gasteiger partial charge in [0, 0.05) is 5.69 Å². The van der Waals surface area contributed by atoms with Crippen molar-refractivity contribution in [1.82, 2.24) is 15.2 Å². The van der Waals surface area contributed by atoms with Gasteiger partial charge in [0.1, 0.15) is 17.4 Å². The molecule has 0 aromatic carbocycles. The first-order valence-electron chi connectivity index (χ1n) is 6.58. The summed E-state index contributed by atoms with van der Waals surface area (Å²) in [7, 11) is 0. The molecule has 2 aromatic heterocycles. The third kappa shape index (κ3) is 2.75. The molecule has 2 heterocycles. The van der Waals surface area contributed by atoms with Crippen LogP contribution in [0.5, 0.6) is 11.6 Å². The Balaban J connectivity index is 2.42. The van der Waals surface area contributed by atoms with Crippen LogP contribution >= 0.6 is 0 Å². The molecule has 0 aliphatic heterocycles. The second-order valence-corrected chi connectivity index (χ2v) is 4.36. The van der Waals surface area contributed by atoms with Crippen molar-refractivity contribution in [2.24, 2.45) is 0 Å². The topological polar surface area (TPSA) is 71.7 Å². The lowest BCUT2D eigenvalue weighted by Gasteiger charge is -2.10. The maximum absolute atomic E-state index is 9.36. The van der Waals surface area contributed by atoms with Crippen LogP contribution in [-0.4, -0.2) is 15.2 Å². The van der Waals surface area contributed by atoms with E-state index in [4.69, 9.17) is 4.74 Å². The van der Waals surface area contributed by atoms with Gasteiger partial charge in [0.15, 0.2) is 0 Å². The van der Waals surface area contributed by atoms with Crippen molar-refractivity contribution < 1.29 is 4.74 Å². The molecule has 5 nitrogen and oxygen atoms in total. The van der Waals surface area contributed by atoms with Crippen LogP contribution in [0.2, 0.25) is 0 Å². The summed E-state index contributed by atoms with van der Waals surface area (Å²) in [5.74, 6) is 0.792. The number of aryl methyl sites for hydroxylation is 2. The highest BCUT2D eigenvalue weighted by atomic mass is 16.5. The third-order valence-electron chi connectivity index (χ3n) is 3.02. The Hall–Kier alpha value is -2.48. The quantitative estimate of drug-likeness (QED) is 0.852. The van der Waals surface area contributed by atoms with Crippen LogP contribution in [0.15, 0.2) is 18.3 Å². The molecular weight excluding hydrogens is 252 g/mol. The van der Waals surface area contributed by atoms with Crippen molar-refractivity contribution in [3.63, 3.8) is 0 Å². The lowest BCUT2D eigenvalue weighted by Crippen LogP contribution is -2.05. The highest BCUT2D eigenvalue weighted by molar-refractivity contribution is 5.47. The number of pyridine rings is 1. The van der Waals surface area contributed by atoms with E-state index in [1.165, 1.54) is 0 Å². The maximum atomic E-state index is 9.36. The highest BCUT2D eigenvalue weighted by Crippen LogP contribution is 2.26. The van der Waals surface area contributed by atoms with Crippen LogP contribution < -0.4 is 4.74 Å². The van der Waals surface area contributed by atoms with Gasteiger partial charge in [-0.3, -0.25) is 4.98 Å². The smallest absolute Gasteiger partial charge is 0.257 e. The second kappa shape index (κ2) is 6.11. The van der Waals surface area contributed by atoms with Gasteiger partial charge in [-0.15, -0.1) is 5.10 Å². The second-order valence-electron chi connectivity index (χ2n) is 4.36. The van der Waals surface area contributed by atoms with Crippen molar-refractivity contribution in [2.45, 2.75) is 33.6 Å². The van der Waals surface area contributed by atoms with Gasteiger partial charge >= 0.3 is 0 Å². The molecule has 5 heteroatoms. The highest BCUT2D eigenvalue weighted by Gasteiger charge is 2.16. The summed E-state index contributed by atoms with van der Waals surface area (Å²) in [6.45, 7) is 5.89. The van der Waals surface area contributed by atoms with Crippen molar-refractivity contribution in [1.29, 1.82) is 5.26 Å². The van der Waals surface area contributed by atoms with E-state index in [-0.39, 0.29) is 5.88 Å². The molecule has 20 heavy (non-hydrogen) atoms. The van der Waals surface area contributed by atoms with E-state index in [0.29, 0.717) is 11.3 Å². The minimum atomic E-state index is 0.243. The lowest BCUT2D eigenvalue weighted by atomic mass is 10.0. The first kappa shape index (κ1) is 13.9. The fraction of sp³-hybridized carbons (Fsp3) is 0.333. The first-order valence-corrected chi connectivity index (χ1v) is 6.58. The average Bonchev–Trinajstić information content (AvgIpc) is 2.48. The van der Waals surface area contributed by atoms with Gasteiger partial charge in [-0.25, -0.2) is 0 Å². The average molecular weight is 268 g/mol.